The zero-order valence-electron chi connectivity index (χ0n) is 18.0. The third-order valence-electron chi connectivity index (χ3n) is 4.85. The topological polar surface area (TPSA) is 97.4 Å². The van der Waals surface area contributed by atoms with Crippen LogP contribution < -0.4 is 20.7 Å². The summed E-state index contributed by atoms with van der Waals surface area (Å²) in [6.45, 7) is 3.09. The van der Waals surface area contributed by atoms with Gasteiger partial charge in [0.1, 0.15) is 17.9 Å². The molecule has 0 bridgehead atoms. The molecule has 0 aliphatic rings. The van der Waals surface area contributed by atoms with Crippen molar-refractivity contribution in [2.45, 2.75) is 19.5 Å². The van der Waals surface area contributed by atoms with Crippen molar-refractivity contribution in [1.29, 1.82) is 0 Å². The summed E-state index contributed by atoms with van der Waals surface area (Å²) in [7, 11) is 3.15. The van der Waals surface area contributed by atoms with Crippen molar-refractivity contribution >= 4 is 39.9 Å². The molecule has 0 saturated heterocycles. The van der Waals surface area contributed by atoms with E-state index in [4.69, 9.17) is 21.1 Å². The third-order valence-corrected chi connectivity index (χ3v) is 5.14. The largest absolute Gasteiger partial charge is 0.496 e. The summed E-state index contributed by atoms with van der Waals surface area (Å²) in [4.78, 5) is 20.9. The Labute approximate surface area is 190 Å². The number of amides is 1. The van der Waals surface area contributed by atoms with E-state index in [1.807, 2.05) is 6.07 Å². The number of methoxy groups -OCH3 is 2. The summed E-state index contributed by atoms with van der Waals surface area (Å²) in [5, 5.41) is 9.59. The van der Waals surface area contributed by atoms with Gasteiger partial charge in [0.05, 0.1) is 36.0 Å². The molecule has 0 unspecified atom stereocenters. The van der Waals surface area contributed by atoms with Gasteiger partial charge < -0.3 is 25.4 Å². The molecule has 0 radical (unpaired) electrons. The van der Waals surface area contributed by atoms with Gasteiger partial charge in [-0.1, -0.05) is 17.7 Å². The summed E-state index contributed by atoms with van der Waals surface area (Å²) in [6, 6.07) is 7.85. The number of nitrogens with one attached hydrogen (secondary N) is 3. The Bertz CT molecular complexity index is 1100. The molecule has 1 aromatic heterocycles. The molecule has 3 rings (SSSR count). The van der Waals surface area contributed by atoms with Crippen LogP contribution in [0.15, 0.2) is 36.7 Å². The van der Waals surface area contributed by atoms with E-state index in [9.17, 15) is 9.18 Å². The lowest BCUT2D eigenvalue weighted by atomic mass is 10.1. The first kappa shape index (κ1) is 23.6. The molecule has 10 heteroatoms. The molecule has 3 N–H and O–H groups in total. The minimum absolute atomic E-state index is 0.00617. The van der Waals surface area contributed by atoms with Crippen molar-refractivity contribution < 1.29 is 18.7 Å². The first-order valence-electron chi connectivity index (χ1n) is 9.97. The molecule has 1 amide bonds. The summed E-state index contributed by atoms with van der Waals surface area (Å²) < 4.78 is 24.8. The van der Waals surface area contributed by atoms with Crippen LogP contribution in [0.2, 0.25) is 5.02 Å². The molecule has 8 nitrogen and oxygen atoms in total. The molecular formula is C22H25ClFN5O3. The summed E-state index contributed by atoms with van der Waals surface area (Å²) in [5.41, 5.74) is 1.52. The third kappa shape index (κ3) is 5.61. The van der Waals surface area contributed by atoms with Crippen LogP contribution in [-0.4, -0.2) is 49.3 Å². The maximum Gasteiger partial charge on any atom is 0.237 e. The van der Waals surface area contributed by atoms with Crippen LogP contribution in [0.25, 0.3) is 10.9 Å². The second-order valence-corrected chi connectivity index (χ2v) is 7.42. The average molecular weight is 462 g/mol. The second kappa shape index (κ2) is 11.0. The zero-order valence-corrected chi connectivity index (χ0v) is 18.8. The first-order chi connectivity index (χ1) is 15.4. The van der Waals surface area contributed by atoms with Gasteiger partial charge in [-0.05, 0) is 25.1 Å². The highest BCUT2D eigenvalue weighted by molar-refractivity contribution is 6.31. The predicted molar refractivity (Wildman–Crippen MR) is 122 cm³/mol. The number of halogens is 2. The minimum atomic E-state index is -0.572. The van der Waals surface area contributed by atoms with Gasteiger partial charge in [-0.15, -0.1) is 0 Å². The van der Waals surface area contributed by atoms with Gasteiger partial charge in [0.25, 0.3) is 0 Å². The number of benzene rings is 2. The van der Waals surface area contributed by atoms with Crippen LogP contribution >= 0.6 is 11.6 Å². The number of anilines is 2. The van der Waals surface area contributed by atoms with Gasteiger partial charge in [-0.3, -0.25) is 4.79 Å². The van der Waals surface area contributed by atoms with Crippen LogP contribution in [0, 0.1) is 5.82 Å². The van der Waals surface area contributed by atoms with E-state index < -0.39 is 5.82 Å². The fourth-order valence-electron chi connectivity index (χ4n) is 3.09. The average Bonchev–Trinajstić information content (AvgIpc) is 2.80. The molecular weight excluding hydrogens is 437 g/mol. The van der Waals surface area contributed by atoms with Crippen LogP contribution in [-0.2, 0) is 16.1 Å². The quantitative estimate of drug-likeness (QED) is 0.398. The van der Waals surface area contributed by atoms with Crippen molar-refractivity contribution in [1.82, 2.24) is 20.6 Å². The first-order valence-corrected chi connectivity index (χ1v) is 10.3. The number of hydrogen-bond acceptors (Lipinski definition) is 7. The van der Waals surface area contributed by atoms with Crippen LogP contribution in [0.4, 0.5) is 15.9 Å². The van der Waals surface area contributed by atoms with E-state index in [0.29, 0.717) is 35.6 Å². The molecule has 0 spiro atoms. The van der Waals surface area contributed by atoms with Crippen molar-refractivity contribution in [2.75, 3.05) is 32.7 Å². The molecule has 0 fully saturated rings. The SMILES string of the molecule is COCCN[C@@H](C)C(=O)NCc1cc2c(Nc3cccc(Cl)c3F)ncnc2cc1OC. The lowest BCUT2D eigenvalue weighted by Gasteiger charge is -2.16. The number of aromatic nitrogens is 2. The number of hydrogen-bond donors (Lipinski definition) is 3. The smallest absolute Gasteiger partial charge is 0.237 e. The molecule has 0 aliphatic carbocycles. The molecule has 170 valence electrons. The summed E-state index contributed by atoms with van der Waals surface area (Å²) in [6.07, 6.45) is 1.38. The lowest BCUT2D eigenvalue weighted by Crippen LogP contribution is -2.43. The normalized spacial score (nSPS) is 11.9. The van der Waals surface area contributed by atoms with Gasteiger partial charge in [-0.2, -0.15) is 0 Å². The molecule has 1 atom stereocenters. The van der Waals surface area contributed by atoms with Crippen LogP contribution in [0.3, 0.4) is 0 Å². The molecule has 3 aromatic rings. The zero-order chi connectivity index (χ0) is 23.1. The summed E-state index contributed by atoms with van der Waals surface area (Å²) >= 11 is 5.88. The monoisotopic (exact) mass is 461 g/mol. The molecule has 0 aliphatic heterocycles. The fraction of sp³-hybridized carbons (Fsp3) is 0.318. The van der Waals surface area contributed by atoms with Gasteiger partial charge in [0, 0.05) is 37.2 Å². The van der Waals surface area contributed by atoms with E-state index in [2.05, 4.69) is 25.9 Å². The highest BCUT2D eigenvalue weighted by atomic mass is 35.5. The van der Waals surface area contributed by atoms with Gasteiger partial charge >= 0.3 is 0 Å². The number of carbonyl (C=O) groups excluding carboxylic acids is 1. The summed E-state index contributed by atoms with van der Waals surface area (Å²) in [5.74, 6) is 0.237. The molecule has 2 aromatic carbocycles. The van der Waals surface area contributed by atoms with Crippen molar-refractivity contribution in [3.8, 4) is 5.75 Å². The van der Waals surface area contributed by atoms with Crippen molar-refractivity contribution in [3.63, 3.8) is 0 Å². The number of ether oxygens (including phenoxy) is 2. The standard InChI is InChI=1S/C22H25ClFN5O3/c1-13(25-7-8-31-2)22(30)26-11-14-9-15-18(10-19(14)32-3)27-12-28-21(15)29-17-6-4-5-16(23)20(17)24/h4-6,9-10,12-13,25H,7-8,11H2,1-3H3,(H,26,30)(H,27,28,29)/t13-/m0/s1. The number of fused-ring (bicyclic) bond motifs is 1. The van der Waals surface area contributed by atoms with E-state index in [-0.39, 0.29) is 29.2 Å². The fourth-order valence-corrected chi connectivity index (χ4v) is 3.26. The van der Waals surface area contributed by atoms with Crippen molar-refractivity contribution in [3.05, 3.63) is 53.1 Å². The van der Waals surface area contributed by atoms with Crippen LogP contribution in [0.5, 0.6) is 5.75 Å². The van der Waals surface area contributed by atoms with E-state index in [1.54, 1.807) is 39.3 Å². The molecule has 32 heavy (non-hydrogen) atoms. The van der Waals surface area contributed by atoms with Gasteiger partial charge in [-0.25, -0.2) is 14.4 Å². The Hall–Kier alpha value is -3.01. The van der Waals surface area contributed by atoms with E-state index >= 15 is 0 Å². The van der Waals surface area contributed by atoms with Crippen molar-refractivity contribution in [2.24, 2.45) is 0 Å². The number of nitrogens with zero attached hydrogens (tertiary/aromatic N) is 2. The second-order valence-electron chi connectivity index (χ2n) is 7.02. The Morgan fingerprint density at radius 1 is 1.25 bits per heavy atom. The maximum atomic E-state index is 14.4. The number of rotatable bonds is 10. The van der Waals surface area contributed by atoms with Gasteiger partial charge in [0.15, 0.2) is 5.82 Å². The molecule has 0 saturated carbocycles. The Kier molecular flexibility index (Phi) is 8.15. The minimum Gasteiger partial charge on any atom is -0.496 e. The molecule has 1 heterocycles. The lowest BCUT2D eigenvalue weighted by molar-refractivity contribution is -0.122. The van der Waals surface area contributed by atoms with E-state index in [1.165, 1.54) is 12.4 Å². The van der Waals surface area contributed by atoms with Gasteiger partial charge in [0.2, 0.25) is 5.91 Å². The Morgan fingerprint density at radius 3 is 2.81 bits per heavy atom. The van der Waals surface area contributed by atoms with Crippen LogP contribution in [0.1, 0.15) is 12.5 Å². The Morgan fingerprint density at radius 2 is 2.06 bits per heavy atom. The number of carbonyl (C=O) groups is 1. The maximum absolute atomic E-state index is 14.4. The van der Waals surface area contributed by atoms with E-state index in [0.717, 1.165) is 5.56 Å². The Balaban J connectivity index is 1.84. The predicted octanol–water partition coefficient (Wildman–Crippen LogP) is 3.42. The highest BCUT2D eigenvalue weighted by Crippen LogP contribution is 2.31. The highest BCUT2D eigenvalue weighted by Gasteiger charge is 2.16.